The van der Waals surface area contributed by atoms with Crippen molar-refractivity contribution >= 4 is 35.0 Å². The monoisotopic (exact) mass is 305 g/mol. The maximum absolute atomic E-state index is 13.2. The highest BCUT2D eigenvalue weighted by atomic mass is 32.1. The second-order valence-corrected chi connectivity index (χ2v) is 5.14. The van der Waals surface area contributed by atoms with Gasteiger partial charge < -0.3 is 10.0 Å². The van der Waals surface area contributed by atoms with Gasteiger partial charge in [-0.15, -0.1) is 11.3 Å². The number of carbonyl (C=O) groups excluding carboxylic acids is 1. The van der Waals surface area contributed by atoms with Crippen LogP contribution in [0.5, 0.6) is 0 Å². The molecule has 1 aromatic carbocycles. The van der Waals surface area contributed by atoms with Gasteiger partial charge in [-0.05, 0) is 41.3 Å². The van der Waals surface area contributed by atoms with Crippen molar-refractivity contribution in [1.29, 1.82) is 0 Å². The minimum absolute atomic E-state index is 0.319. The van der Waals surface area contributed by atoms with Gasteiger partial charge in [0.05, 0.1) is 4.88 Å². The van der Waals surface area contributed by atoms with Gasteiger partial charge in [-0.3, -0.25) is 4.79 Å². The molecular weight excluding hydrogens is 293 g/mol. The van der Waals surface area contributed by atoms with Gasteiger partial charge in [0.2, 0.25) is 0 Å². The van der Waals surface area contributed by atoms with Crippen LogP contribution in [0.15, 0.2) is 41.8 Å². The Hall–Kier alpha value is -2.47. The molecule has 0 saturated heterocycles. The van der Waals surface area contributed by atoms with Gasteiger partial charge in [0, 0.05) is 18.8 Å². The number of carboxylic acid groups (broad SMARTS) is 1. The summed E-state index contributed by atoms with van der Waals surface area (Å²) >= 11 is 1.21. The van der Waals surface area contributed by atoms with Crippen molar-refractivity contribution in [2.45, 2.75) is 0 Å². The highest BCUT2D eigenvalue weighted by Crippen LogP contribution is 2.23. The lowest BCUT2D eigenvalue weighted by atomic mass is 10.2. The molecule has 4 nitrogen and oxygen atoms in total. The van der Waals surface area contributed by atoms with Crippen molar-refractivity contribution < 1.29 is 19.1 Å². The number of hydrogen-bond acceptors (Lipinski definition) is 3. The molecule has 1 N–H and O–H groups in total. The smallest absolute Gasteiger partial charge is 0.328 e. The Balaban J connectivity index is 2.28. The van der Waals surface area contributed by atoms with E-state index in [-0.39, 0.29) is 5.91 Å². The van der Waals surface area contributed by atoms with Gasteiger partial charge in [-0.1, -0.05) is 6.07 Å². The van der Waals surface area contributed by atoms with E-state index in [9.17, 15) is 14.0 Å². The molecule has 0 aliphatic heterocycles. The average molecular weight is 305 g/mol. The van der Waals surface area contributed by atoms with Crippen LogP contribution in [0.2, 0.25) is 0 Å². The molecule has 1 amide bonds. The van der Waals surface area contributed by atoms with Gasteiger partial charge in [-0.25, -0.2) is 9.18 Å². The zero-order chi connectivity index (χ0) is 15.4. The van der Waals surface area contributed by atoms with Gasteiger partial charge >= 0.3 is 5.97 Å². The number of hydrogen-bond donors (Lipinski definition) is 1. The van der Waals surface area contributed by atoms with E-state index in [1.807, 2.05) is 0 Å². The van der Waals surface area contributed by atoms with Crippen molar-refractivity contribution in [2.24, 2.45) is 0 Å². The Labute approximate surface area is 124 Å². The number of halogens is 1. The molecule has 21 heavy (non-hydrogen) atoms. The summed E-state index contributed by atoms with van der Waals surface area (Å²) in [5.41, 5.74) is 0.956. The number of anilines is 1. The molecular formula is C15H12FNO3S. The normalized spacial score (nSPS) is 10.8. The average Bonchev–Trinajstić information content (AvgIpc) is 2.92. The Morgan fingerprint density at radius 3 is 2.76 bits per heavy atom. The molecule has 1 aromatic heterocycles. The zero-order valence-electron chi connectivity index (χ0n) is 11.1. The first kappa shape index (κ1) is 14.9. The summed E-state index contributed by atoms with van der Waals surface area (Å²) in [6.07, 6.45) is 2.34. The van der Waals surface area contributed by atoms with Gasteiger partial charge in [0.25, 0.3) is 5.91 Å². The lowest BCUT2D eigenvalue weighted by molar-refractivity contribution is -0.131. The number of aliphatic carboxylic acids is 1. The van der Waals surface area contributed by atoms with E-state index in [1.54, 1.807) is 24.6 Å². The molecule has 0 aliphatic rings. The molecule has 0 atom stereocenters. The Morgan fingerprint density at radius 1 is 1.33 bits per heavy atom. The third-order valence-corrected chi connectivity index (χ3v) is 3.71. The SMILES string of the molecule is CN(C(=O)c1sccc1C=CC(=O)O)c1cccc(F)c1. The van der Waals surface area contributed by atoms with E-state index >= 15 is 0 Å². The lowest BCUT2D eigenvalue weighted by Gasteiger charge is -2.17. The van der Waals surface area contributed by atoms with E-state index in [0.29, 0.717) is 16.1 Å². The fourth-order valence-corrected chi connectivity index (χ4v) is 2.60. The van der Waals surface area contributed by atoms with Crippen LogP contribution in [0.25, 0.3) is 6.08 Å². The predicted octanol–water partition coefficient (Wildman–Crippen LogP) is 3.26. The third-order valence-electron chi connectivity index (χ3n) is 2.80. The van der Waals surface area contributed by atoms with Crippen LogP contribution in [-0.2, 0) is 4.79 Å². The fraction of sp³-hybridized carbons (Fsp3) is 0.0667. The summed E-state index contributed by atoms with van der Waals surface area (Å²) in [5, 5.41) is 10.3. The zero-order valence-corrected chi connectivity index (χ0v) is 11.9. The largest absolute Gasteiger partial charge is 0.478 e. The van der Waals surface area contributed by atoms with Crippen molar-refractivity contribution in [1.82, 2.24) is 0 Å². The molecule has 108 valence electrons. The summed E-state index contributed by atoms with van der Waals surface area (Å²) in [5.74, 6) is -1.83. The van der Waals surface area contributed by atoms with Crippen molar-refractivity contribution in [3.63, 3.8) is 0 Å². The van der Waals surface area contributed by atoms with Crippen molar-refractivity contribution in [2.75, 3.05) is 11.9 Å². The summed E-state index contributed by atoms with van der Waals surface area (Å²) in [7, 11) is 1.54. The number of thiophene rings is 1. The summed E-state index contributed by atoms with van der Waals surface area (Å²) < 4.78 is 13.2. The molecule has 1 heterocycles. The van der Waals surface area contributed by atoms with E-state index in [1.165, 1.54) is 40.5 Å². The first-order chi connectivity index (χ1) is 9.99. The molecule has 0 bridgehead atoms. The molecule has 2 aromatic rings. The number of rotatable bonds is 4. The Bertz CT molecular complexity index is 708. The van der Waals surface area contributed by atoms with Crippen LogP contribution in [0, 0.1) is 5.82 Å². The third kappa shape index (κ3) is 3.55. The van der Waals surface area contributed by atoms with E-state index in [2.05, 4.69) is 0 Å². The van der Waals surface area contributed by atoms with Gasteiger partial charge in [0.1, 0.15) is 5.82 Å². The fourth-order valence-electron chi connectivity index (χ4n) is 1.74. The quantitative estimate of drug-likeness (QED) is 0.882. The molecule has 6 heteroatoms. The topological polar surface area (TPSA) is 57.6 Å². The van der Waals surface area contributed by atoms with Gasteiger partial charge in [0.15, 0.2) is 0 Å². The van der Waals surface area contributed by atoms with Crippen LogP contribution in [-0.4, -0.2) is 24.0 Å². The highest BCUT2D eigenvalue weighted by molar-refractivity contribution is 7.12. The minimum atomic E-state index is -1.09. The maximum atomic E-state index is 13.2. The van der Waals surface area contributed by atoms with Crippen molar-refractivity contribution in [3.8, 4) is 0 Å². The molecule has 0 saturated carbocycles. The number of carboxylic acids is 1. The number of amides is 1. The summed E-state index contributed by atoms with van der Waals surface area (Å²) in [6.45, 7) is 0. The van der Waals surface area contributed by atoms with Crippen LogP contribution < -0.4 is 4.90 Å². The molecule has 0 fully saturated rings. The van der Waals surface area contributed by atoms with Crippen LogP contribution in [0.1, 0.15) is 15.2 Å². The Kier molecular flexibility index (Phi) is 4.49. The number of benzene rings is 1. The molecule has 0 unspecified atom stereocenters. The van der Waals surface area contributed by atoms with Crippen LogP contribution in [0.4, 0.5) is 10.1 Å². The number of carbonyl (C=O) groups is 2. The van der Waals surface area contributed by atoms with E-state index in [0.717, 1.165) is 6.08 Å². The Morgan fingerprint density at radius 2 is 2.10 bits per heavy atom. The van der Waals surface area contributed by atoms with E-state index < -0.39 is 11.8 Å². The van der Waals surface area contributed by atoms with Crippen molar-refractivity contribution in [3.05, 3.63) is 58.0 Å². The molecule has 0 spiro atoms. The maximum Gasteiger partial charge on any atom is 0.328 e. The summed E-state index contributed by atoms with van der Waals surface area (Å²) in [6, 6.07) is 7.37. The molecule has 0 aliphatic carbocycles. The molecule has 0 radical (unpaired) electrons. The first-order valence-corrected chi connectivity index (χ1v) is 6.89. The predicted molar refractivity (Wildman–Crippen MR) is 80.1 cm³/mol. The number of nitrogens with zero attached hydrogens (tertiary/aromatic N) is 1. The summed E-state index contributed by atoms with van der Waals surface area (Å²) in [4.78, 5) is 24.7. The molecule has 2 rings (SSSR count). The standard InChI is InChI=1S/C15H12FNO3S/c1-17(12-4-2-3-11(16)9-12)15(20)14-10(7-8-21-14)5-6-13(18)19/h2-9H,1H3,(H,18,19). The second kappa shape index (κ2) is 6.32. The van der Waals surface area contributed by atoms with Crippen LogP contribution >= 0.6 is 11.3 Å². The first-order valence-electron chi connectivity index (χ1n) is 6.01. The highest BCUT2D eigenvalue weighted by Gasteiger charge is 2.18. The lowest BCUT2D eigenvalue weighted by Crippen LogP contribution is -2.26. The van der Waals surface area contributed by atoms with E-state index in [4.69, 9.17) is 5.11 Å². The van der Waals surface area contributed by atoms with Crippen LogP contribution in [0.3, 0.4) is 0 Å². The minimum Gasteiger partial charge on any atom is -0.478 e. The van der Waals surface area contributed by atoms with Gasteiger partial charge in [-0.2, -0.15) is 0 Å². The second-order valence-electron chi connectivity index (χ2n) is 4.22.